The van der Waals surface area contributed by atoms with Crippen LogP contribution in [0.15, 0.2) is 27.8 Å². The molecule has 23 heavy (non-hydrogen) atoms. The van der Waals surface area contributed by atoms with Gasteiger partial charge in [-0.15, -0.1) is 0 Å². The van der Waals surface area contributed by atoms with Gasteiger partial charge >= 0.3 is 11.8 Å². The molecule has 0 aliphatic heterocycles. The molecule has 1 rings (SSSR count). The SMILES string of the molecule is CCCOc1ccc(Br)cc1/C=N\NC(=O)C(=O)NCCOC. The van der Waals surface area contributed by atoms with Crippen molar-refractivity contribution in [2.75, 3.05) is 26.9 Å². The lowest BCUT2D eigenvalue weighted by atomic mass is 10.2. The number of carbonyl (C=O) groups is 2. The van der Waals surface area contributed by atoms with Gasteiger partial charge in [0.2, 0.25) is 0 Å². The van der Waals surface area contributed by atoms with Crippen molar-refractivity contribution in [2.45, 2.75) is 13.3 Å². The molecule has 0 aliphatic carbocycles. The van der Waals surface area contributed by atoms with E-state index in [1.807, 2.05) is 13.0 Å². The third-order valence-corrected chi connectivity index (χ3v) is 3.09. The van der Waals surface area contributed by atoms with Gasteiger partial charge in [0.25, 0.3) is 0 Å². The molecule has 7 nitrogen and oxygen atoms in total. The number of halogens is 1. The van der Waals surface area contributed by atoms with Gasteiger partial charge in [-0.3, -0.25) is 9.59 Å². The molecule has 0 bridgehead atoms. The lowest BCUT2D eigenvalue weighted by Crippen LogP contribution is -2.39. The molecule has 0 fully saturated rings. The number of rotatable bonds is 8. The summed E-state index contributed by atoms with van der Waals surface area (Å²) in [4.78, 5) is 23.0. The predicted octanol–water partition coefficient (Wildman–Crippen LogP) is 1.45. The molecule has 1 aromatic rings. The fourth-order valence-electron chi connectivity index (χ4n) is 1.52. The molecule has 0 spiro atoms. The van der Waals surface area contributed by atoms with E-state index in [0.29, 0.717) is 24.5 Å². The monoisotopic (exact) mass is 385 g/mol. The molecular weight excluding hydrogens is 366 g/mol. The zero-order valence-electron chi connectivity index (χ0n) is 13.1. The van der Waals surface area contributed by atoms with Crippen molar-refractivity contribution in [3.8, 4) is 5.75 Å². The van der Waals surface area contributed by atoms with Crippen LogP contribution < -0.4 is 15.5 Å². The summed E-state index contributed by atoms with van der Waals surface area (Å²) in [5.41, 5.74) is 2.86. The number of methoxy groups -OCH3 is 1. The standard InChI is InChI=1S/C15H20BrN3O4/c1-3-7-23-13-5-4-12(16)9-11(13)10-18-19-15(21)14(20)17-6-8-22-2/h4-5,9-10H,3,6-8H2,1-2H3,(H,17,20)(H,19,21)/b18-10-. The summed E-state index contributed by atoms with van der Waals surface area (Å²) in [7, 11) is 1.51. The molecule has 126 valence electrons. The Labute approximate surface area is 143 Å². The largest absolute Gasteiger partial charge is 0.493 e. The molecular formula is C15H20BrN3O4. The predicted molar refractivity (Wildman–Crippen MR) is 90.6 cm³/mol. The Morgan fingerprint density at radius 1 is 1.30 bits per heavy atom. The quantitative estimate of drug-likeness (QED) is 0.306. The number of carbonyl (C=O) groups excluding carboxylic acids is 2. The molecule has 0 saturated heterocycles. The first-order valence-electron chi connectivity index (χ1n) is 7.11. The zero-order valence-corrected chi connectivity index (χ0v) is 14.7. The van der Waals surface area contributed by atoms with Crippen LogP contribution in [-0.2, 0) is 14.3 Å². The maximum absolute atomic E-state index is 11.5. The molecule has 0 saturated carbocycles. The van der Waals surface area contributed by atoms with Gasteiger partial charge in [0.1, 0.15) is 5.75 Å². The van der Waals surface area contributed by atoms with Crippen molar-refractivity contribution in [3.63, 3.8) is 0 Å². The number of nitrogens with zero attached hydrogens (tertiary/aromatic N) is 1. The highest BCUT2D eigenvalue weighted by Gasteiger charge is 2.11. The van der Waals surface area contributed by atoms with Gasteiger partial charge < -0.3 is 14.8 Å². The first kappa shape index (κ1) is 19.1. The maximum Gasteiger partial charge on any atom is 0.329 e. The van der Waals surface area contributed by atoms with Crippen LogP contribution in [0.25, 0.3) is 0 Å². The van der Waals surface area contributed by atoms with E-state index in [4.69, 9.17) is 9.47 Å². The Hall–Kier alpha value is -1.93. The molecule has 1 aromatic carbocycles. The van der Waals surface area contributed by atoms with Gasteiger partial charge in [0.15, 0.2) is 0 Å². The second kappa shape index (κ2) is 10.7. The van der Waals surface area contributed by atoms with Crippen LogP contribution in [-0.4, -0.2) is 44.9 Å². The van der Waals surface area contributed by atoms with E-state index < -0.39 is 11.8 Å². The second-order valence-electron chi connectivity index (χ2n) is 4.48. The number of hydrogen-bond donors (Lipinski definition) is 2. The fraction of sp³-hybridized carbons (Fsp3) is 0.400. The third kappa shape index (κ3) is 7.25. The molecule has 0 radical (unpaired) electrons. The molecule has 0 unspecified atom stereocenters. The number of ether oxygens (including phenoxy) is 2. The van der Waals surface area contributed by atoms with Crippen molar-refractivity contribution in [1.82, 2.24) is 10.7 Å². The first-order valence-corrected chi connectivity index (χ1v) is 7.90. The number of nitrogens with one attached hydrogen (secondary N) is 2. The summed E-state index contributed by atoms with van der Waals surface area (Å²) in [6.07, 6.45) is 2.31. The number of hydrogen-bond acceptors (Lipinski definition) is 5. The summed E-state index contributed by atoms with van der Waals surface area (Å²) < 4.78 is 11.2. The smallest absolute Gasteiger partial charge is 0.329 e. The topological polar surface area (TPSA) is 89.0 Å². The number of amides is 2. The van der Waals surface area contributed by atoms with E-state index in [1.54, 1.807) is 12.1 Å². The van der Waals surface area contributed by atoms with E-state index in [0.717, 1.165) is 10.9 Å². The van der Waals surface area contributed by atoms with E-state index in [-0.39, 0.29) is 6.54 Å². The lowest BCUT2D eigenvalue weighted by molar-refractivity contribution is -0.139. The highest BCUT2D eigenvalue weighted by atomic mass is 79.9. The van der Waals surface area contributed by atoms with Gasteiger partial charge in [-0.2, -0.15) is 5.10 Å². The van der Waals surface area contributed by atoms with Gasteiger partial charge in [-0.05, 0) is 24.6 Å². The molecule has 0 aromatic heterocycles. The maximum atomic E-state index is 11.5. The summed E-state index contributed by atoms with van der Waals surface area (Å²) in [5.74, 6) is -0.961. The molecule has 2 amide bonds. The van der Waals surface area contributed by atoms with Gasteiger partial charge in [0, 0.05) is 23.7 Å². The summed E-state index contributed by atoms with van der Waals surface area (Å²) in [6, 6.07) is 5.46. The molecule has 0 atom stereocenters. The first-order chi connectivity index (χ1) is 11.1. The minimum atomic E-state index is -0.844. The Morgan fingerprint density at radius 2 is 2.09 bits per heavy atom. The zero-order chi connectivity index (χ0) is 17.1. The van der Waals surface area contributed by atoms with E-state index in [1.165, 1.54) is 13.3 Å². The highest BCUT2D eigenvalue weighted by Crippen LogP contribution is 2.21. The average molecular weight is 386 g/mol. The fourth-order valence-corrected chi connectivity index (χ4v) is 1.90. The van der Waals surface area contributed by atoms with Crippen LogP contribution in [0.1, 0.15) is 18.9 Å². The van der Waals surface area contributed by atoms with Gasteiger partial charge in [-0.1, -0.05) is 22.9 Å². The van der Waals surface area contributed by atoms with Crippen LogP contribution in [0.4, 0.5) is 0 Å². The van der Waals surface area contributed by atoms with Crippen molar-refractivity contribution in [3.05, 3.63) is 28.2 Å². The van der Waals surface area contributed by atoms with E-state index >= 15 is 0 Å². The molecule has 2 N–H and O–H groups in total. The van der Waals surface area contributed by atoms with Crippen molar-refractivity contribution in [1.29, 1.82) is 0 Å². The summed E-state index contributed by atoms with van der Waals surface area (Å²) >= 11 is 3.36. The van der Waals surface area contributed by atoms with Crippen molar-refractivity contribution < 1.29 is 19.1 Å². The summed E-state index contributed by atoms with van der Waals surface area (Å²) in [6.45, 7) is 3.18. The van der Waals surface area contributed by atoms with E-state index in [2.05, 4.69) is 31.8 Å². The van der Waals surface area contributed by atoms with E-state index in [9.17, 15) is 9.59 Å². The van der Waals surface area contributed by atoms with Crippen molar-refractivity contribution in [2.24, 2.45) is 5.10 Å². The van der Waals surface area contributed by atoms with Gasteiger partial charge in [-0.25, -0.2) is 5.43 Å². The molecule has 8 heteroatoms. The number of hydrazone groups is 1. The Bertz CT molecular complexity index is 564. The third-order valence-electron chi connectivity index (χ3n) is 2.60. The Morgan fingerprint density at radius 3 is 2.78 bits per heavy atom. The van der Waals surface area contributed by atoms with Crippen LogP contribution in [0, 0.1) is 0 Å². The second-order valence-corrected chi connectivity index (χ2v) is 5.39. The van der Waals surface area contributed by atoms with Crippen molar-refractivity contribution >= 4 is 34.0 Å². The minimum Gasteiger partial charge on any atom is -0.493 e. The van der Waals surface area contributed by atoms with Crippen LogP contribution >= 0.6 is 15.9 Å². The van der Waals surface area contributed by atoms with Crippen LogP contribution in [0.3, 0.4) is 0 Å². The normalized spacial score (nSPS) is 10.6. The van der Waals surface area contributed by atoms with Crippen LogP contribution in [0.2, 0.25) is 0 Å². The highest BCUT2D eigenvalue weighted by molar-refractivity contribution is 9.10. The summed E-state index contributed by atoms with van der Waals surface area (Å²) in [5, 5.41) is 6.18. The number of benzene rings is 1. The molecule has 0 aliphatic rings. The Kier molecular flexibility index (Phi) is 8.93. The van der Waals surface area contributed by atoms with Crippen LogP contribution in [0.5, 0.6) is 5.75 Å². The molecule has 0 heterocycles. The average Bonchev–Trinajstić information content (AvgIpc) is 2.54. The Balaban J connectivity index is 2.61. The minimum absolute atomic E-state index is 0.257. The lowest BCUT2D eigenvalue weighted by Gasteiger charge is -2.08. The van der Waals surface area contributed by atoms with Gasteiger partial charge in [0.05, 0.1) is 19.4 Å².